The van der Waals surface area contributed by atoms with Crippen molar-refractivity contribution in [1.82, 2.24) is 4.90 Å². The fraction of sp³-hybridized carbons (Fsp3) is 0.909. The Morgan fingerprint density at radius 1 is 1.43 bits per heavy atom. The van der Waals surface area contributed by atoms with E-state index in [4.69, 9.17) is 4.74 Å². The van der Waals surface area contributed by atoms with Crippen LogP contribution < -0.4 is 0 Å². The first-order valence-corrected chi connectivity index (χ1v) is 5.32. The van der Waals surface area contributed by atoms with E-state index in [9.17, 15) is 4.79 Å². The Labute approximate surface area is 86.4 Å². The molecule has 0 aliphatic carbocycles. The summed E-state index contributed by atoms with van der Waals surface area (Å²) in [7, 11) is 0. The molecule has 0 N–H and O–H groups in total. The Morgan fingerprint density at radius 3 is 2.64 bits per heavy atom. The first-order valence-electron chi connectivity index (χ1n) is 5.32. The van der Waals surface area contributed by atoms with Crippen molar-refractivity contribution in [3.63, 3.8) is 0 Å². The van der Waals surface area contributed by atoms with Gasteiger partial charge in [0.15, 0.2) is 0 Å². The monoisotopic (exact) mass is 199 g/mol. The molecule has 0 aromatic carbocycles. The van der Waals surface area contributed by atoms with Crippen molar-refractivity contribution in [1.29, 1.82) is 0 Å². The Hall–Kier alpha value is -0.570. The van der Waals surface area contributed by atoms with Gasteiger partial charge in [-0.05, 0) is 13.3 Å². The average Bonchev–Trinajstić information content (AvgIpc) is 2.26. The van der Waals surface area contributed by atoms with Gasteiger partial charge in [0.05, 0.1) is 6.10 Å². The summed E-state index contributed by atoms with van der Waals surface area (Å²) in [6, 6.07) is 0. The molecule has 3 heteroatoms. The van der Waals surface area contributed by atoms with E-state index in [0.29, 0.717) is 0 Å². The molecular weight excluding hydrogens is 178 g/mol. The lowest BCUT2D eigenvalue weighted by atomic mass is 9.94. The first-order chi connectivity index (χ1) is 6.41. The van der Waals surface area contributed by atoms with E-state index in [1.54, 1.807) is 0 Å². The molecule has 1 aliphatic rings. The third-order valence-electron chi connectivity index (χ3n) is 2.38. The Balaban J connectivity index is 2.62. The topological polar surface area (TPSA) is 29.5 Å². The molecule has 1 amide bonds. The summed E-state index contributed by atoms with van der Waals surface area (Å²) in [4.78, 5) is 13.9. The maximum absolute atomic E-state index is 12.0. The summed E-state index contributed by atoms with van der Waals surface area (Å²) in [6.07, 6.45) is 1.12. The van der Waals surface area contributed by atoms with Gasteiger partial charge in [0.25, 0.3) is 0 Å². The van der Waals surface area contributed by atoms with Gasteiger partial charge in [0.2, 0.25) is 5.91 Å². The predicted octanol–water partition coefficient (Wildman–Crippen LogP) is 1.67. The fourth-order valence-corrected chi connectivity index (χ4v) is 1.65. The van der Waals surface area contributed by atoms with Crippen molar-refractivity contribution in [2.45, 2.75) is 40.2 Å². The van der Waals surface area contributed by atoms with Crippen LogP contribution in [-0.2, 0) is 9.53 Å². The summed E-state index contributed by atoms with van der Waals surface area (Å²) >= 11 is 0. The largest absolute Gasteiger partial charge is 0.377 e. The van der Waals surface area contributed by atoms with E-state index in [-0.39, 0.29) is 17.4 Å². The standard InChI is InChI=1S/C11H21NO2/c1-9-8-12(6-5-7-14-9)10(13)11(2,3)4/h9H,5-8H2,1-4H3. The van der Waals surface area contributed by atoms with Gasteiger partial charge < -0.3 is 9.64 Å². The SMILES string of the molecule is CC1CN(C(=O)C(C)(C)C)CCCO1. The number of hydrogen-bond acceptors (Lipinski definition) is 2. The number of carbonyl (C=O) groups excluding carboxylic acids is 1. The van der Waals surface area contributed by atoms with Crippen molar-refractivity contribution in [3.05, 3.63) is 0 Å². The summed E-state index contributed by atoms with van der Waals surface area (Å²) in [5.41, 5.74) is -0.274. The molecule has 1 unspecified atom stereocenters. The fourth-order valence-electron chi connectivity index (χ4n) is 1.65. The quantitative estimate of drug-likeness (QED) is 0.594. The van der Waals surface area contributed by atoms with Gasteiger partial charge in [-0.1, -0.05) is 20.8 Å². The van der Waals surface area contributed by atoms with Gasteiger partial charge in [-0.25, -0.2) is 0 Å². The number of amides is 1. The third kappa shape index (κ3) is 2.98. The van der Waals surface area contributed by atoms with Crippen LogP contribution in [0.4, 0.5) is 0 Å². The van der Waals surface area contributed by atoms with Gasteiger partial charge >= 0.3 is 0 Å². The van der Waals surface area contributed by atoms with Gasteiger partial charge in [-0.15, -0.1) is 0 Å². The van der Waals surface area contributed by atoms with E-state index in [0.717, 1.165) is 26.1 Å². The lowest BCUT2D eigenvalue weighted by Gasteiger charge is -2.29. The molecule has 0 spiro atoms. The summed E-state index contributed by atoms with van der Waals surface area (Å²) in [5, 5.41) is 0. The highest BCUT2D eigenvalue weighted by Gasteiger charge is 2.28. The minimum atomic E-state index is -0.274. The van der Waals surface area contributed by atoms with Gasteiger partial charge in [-0.3, -0.25) is 4.79 Å². The van der Waals surface area contributed by atoms with E-state index >= 15 is 0 Å². The minimum Gasteiger partial charge on any atom is -0.377 e. The molecule has 1 aliphatic heterocycles. The predicted molar refractivity (Wildman–Crippen MR) is 56.1 cm³/mol. The van der Waals surface area contributed by atoms with Crippen LogP contribution >= 0.6 is 0 Å². The average molecular weight is 199 g/mol. The van der Waals surface area contributed by atoms with Crippen LogP contribution in [0.25, 0.3) is 0 Å². The van der Waals surface area contributed by atoms with Crippen LogP contribution in [0.3, 0.4) is 0 Å². The molecule has 0 bridgehead atoms. The van der Waals surface area contributed by atoms with Crippen molar-refractivity contribution in [2.24, 2.45) is 5.41 Å². The van der Waals surface area contributed by atoms with Crippen LogP contribution in [0.1, 0.15) is 34.1 Å². The second-order valence-electron chi connectivity index (χ2n) is 5.04. The van der Waals surface area contributed by atoms with E-state index < -0.39 is 0 Å². The number of hydrogen-bond donors (Lipinski definition) is 0. The van der Waals surface area contributed by atoms with Crippen LogP contribution in [0, 0.1) is 5.41 Å². The third-order valence-corrected chi connectivity index (χ3v) is 2.38. The number of ether oxygens (including phenoxy) is 1. The maximum Gasteiger partial charge on any atom is 0.228 e. The number of nitrogens with zero attached hydrogens (tertiary/aromatic N) is 1. The second kappa shape index (κ2) is 4.30. The van der Waals surface area contributed by atoms with Crippen molar-refractivity contribution in [2.75, 3.05) is 19.7 Å². The number of rotatable bonds is 0. The van der Waals surface area contributed by atoms with Gasteiger partial charge in [-0.2, -0.15) is 0 Å². The molecule has 3 nitrogen and oxygen atoms in total. The van der Waals surface area contributed by atoms with Crippen molar-refractivity contribution in [3.8, 4) is 0 Å². The first kappa shape index (κ1) is 11.5. The highest BCUT2D eigenvalue weighted by Crippen LogP contribution is 2.19. The van der Waals surface area contributed by atoms with E-state index in [2.05, 4.69) is 0 Å². The van der Waals surface area contributed by atoms with Crippen LogP contribution in [0.2, 0.25) is 0 Å². The lowest BCUT2D eigenvalue weighted by molar-refractivity contribution is -0.140. The molecule has 82 valence electrons. The molecule has 0 aromatic heterocycles. The summed E-state index contributed by atoms with van der Waals surface area (Å²) < 4.78 is 5.50. The zero-order valence-corrected chi connectivity index (χ0v) is 9.67. The maximum atomic E-state index is 12.0. The molecule has 1 saturated heterocycles. The van der Waals surface area contributed by atoms with Gasteiger partial charge in [0, 0.05) is 25.1 Å². The van der Waals surface area contributed by atoms with Crippen molar-refractivity contribution >= 4 is 5.91 Å². The molecule has 1 heterocycles. The second-order valence-corrected chi connectivity index (χ2v) is 5.04. The highest BCUT2D eigenvalue weighted by molar-refractivity contribution is 5.81. The van der Waals surface area contributed by atoms with Crippen LogP contribution in [0.15, 0.2) is 0 Å². The molecule has 0 radical (unpaired) electrons. The van der Waals surface area contributed by atoms with Crippen LogP contribution in [-0.4, -0.2) is 36.6 Å². The molecule has 0 saturated carbocycles. The van der Waals surface area contributed by atoms with E-state index in [1.807, 2.05) is 32.6 Å². The molecular formula is C11H21NO2. The highest BCUT2D eigenvalue weighted by atomic mass is 16.5. The van der Waals surface area contributed by atoms with Crippen molar-refractivity contribution < 1.29 is 9.53 Å². The summed E-state index contributed by atoms with van der Waals surface area (Å²) in [6.45, 7) is 10.3. The zero-order valence-electron chi connectivity index (χ0n) is 9.67. The van der Waals surface area contributed by atoms with Gasteiger partial charge in [0.1, 0.15) is 0 Å². The molecule has 14 heavy (non-hydrogen) atoms. The minimum absolute atomic E-state index is 0.170. The van der Waals surface area contributed by atoms with Crippen LogP contribution in [0.5, 0.6) is 0 Å². The molecule has 0 aromatic rings. The smallest absolute Gasteiger partial charge is 0.228 e. The summed E-state index contributed by atoms with van der Waals surface area (Å²) in [5.74, 6) is 0.231. The molecule has 1 atom stereocenters. The molecule has 1 rings (SSSR count). The lowest BCUT2D eigenvalue weighted by Crippen LogP contribution is -2.42. The normalized spacial score (nSPS) is 24.6. The van der Waals surface area contributed by atoms with E-state index in [1.165, 1.54) is 0 Å². The Morgan fingerprint density at radius 2 is 2.07 bits per heavy atom. The Kier molecular flexibility index (Phi) is 3.53. The Bertz CT molecular complexity index is 208. The number of carbonyl (C=O) groups is 1. The zero-order chi connectivity index (χ0) is 10.8. The molecule has 1 fully saturated rings.